The van der Waals surface area contributed by atoms with E-state index in [2.05, 4.69) is 10.2 Å². The highest BCUT2D eigenvalue weighted by Gasteiger charge is 2.38. The molecular weight excluding hydrogens is 314 g/mol. The molecule has 2 fully saturated rings. The van der Waals surface area contributed by atoms with Crippen LogP contribution in [0.5, 0.6) is 5.75 Å². The first-order valence-corrected chi connectivity index (χ1v) is 8.54. The zero-order valence-electron chi connectivity index (χ0n) is 13.5. The number of anilines is 1. The van der Waals surface area contributed by atoms with Gasteiger partial charge in [0, 0.05) is 24.6 Å². The summed E-state index contributed by atoms with van der Waals surface area (Å²) in [5.41, 5.74) is 6.84. The van der Waals surface area contributed by atoms with Crippen molar-refractivity contribution in [2.75, 3.05) is 39.0 Å². The van der Waals surface area contributed by atoms with Crippen LogP contribution in [0.15, 0.2) is 12.1 Å². The van der Waals surface area contributed by atoms with E-state index in [0.29, 0.717) is 28.6 Å². The van der Waals surface area contributed by atoms with Crippen LogP contribution in [0.4, 0.5) is 5.69 Å². The molecule has 2 heterocycles. The Morgan fingerprint density at radius 1 is 1.39 bits per heavy atom. The Bertz CT molecular complexity index is 596. The van der Waals surface area contributed by atoms with Gasteiger partial charge in [0.1, 0.15) is 5.75 Å². The fourth-order valence-electron chi connectivity index (χ4n) is 3.89. The fourth-order valence-corrected chi connectivity index (χ4v) is 4.06. The zero-order valence-corrected chi connectivity index (χ0v) is 14.3. The molecule has 23 heavy (non-hydrogen) atoms. The number of carbonyl (C=O) groups is 1. The molecule has 0 unspecified atom stereocenters. The minimum absolute atomic E-state index is 0.152. The van der Waals surface area contributed by atoms with Crippen molar-refractivity contribution < 1.29 is 9.53 Å². The first-order chi connectivity index (χ1) is 11.0. The zero-order chi connectivity index (χ0) is 16.4. The van der Waals surface area contributed by atoms with Gasteiger partial charge in [-0.25, -0.2) is 0 Å². The van der Waals surface area contributed by atoms with Crippen LogP contribution in [0.3, 0.4) is 0 Å². The molecule has 126 valence electrons. The predicted molar refractivity (Wildman–Crippen MR) is 92.1 cm³/mol. The van der Waals surface area contributed by atoms with Crippen LogP contribution in [0, 0.1) is 5.41 Å². The number of ether oxygens (including phenoxy) is 1. The average molecular weight is 338 g/mol. The molecule has 1 aromatic carbocycles. The normalized spacial score (nSPS) is 26.6. The highest BCUT2D eigenvalue weighted by Crippen LogP contribution is 2.38. The molecule has 0 atom stereocenters. The quantitative estimate of drug-likeness (QED) is 0.828. The van der Waals surface area contributed by atoms with Crippen molar-refractivity contribution in [2.45, 2.75) is 25.7 Å². The summed E-state index contributed by atoms with van der Waals surface area (Å²) in [6, 6.07) is 3.18. The van der Waals surface area contributed by atoms with Gasteiger partial charge in [-0.2, -0.15) is 0 Å². The second-order valence-electron chi connectivity index (χ2n) is 6.74. The minimum Gasteiger partial charge on any atom is -0.496 e. The van der Waals surface area contributed by atoms with Crippen molar-refractivity contribution in [2.24, 2.45) is 5.41 Å². The van der Waals surface area contributed by atoms with Crippen LogP contribution in [-0.4, -0.2) is 44.1 Å². The number of nitrogens with two attached hydrogens (primary N) is 1. The number of fused-ring (bicyclic) bond motifs is 2. The topological polar surface area (TPSA) is 67.6 Å². The first-order valence-electron chi connectivity index (χ1n) is 8.17. The number of nitrogen functional groups attached to an aromatic ring is 1. The third kappa shape index (κ3) is 3.40. The summed E-state index contributed by atoms with van der Waals surface area (Å²) in [6.07, 6.45) is 4.80. The highest BCUT2D eigenvalue weighted by molar-refractivity contribution is 6.33. The van der Waals surface area contributed by atoms with Gasteiger partial charge >= 0.3 is 0 Å². The summed E-state index contributed by atoms with van der Waals surface area (Å²) in [7, 11) is 1.53. The van der Waals surface area contributed by atoms with Crippen molar-refractivity contribution in [3.8, 4) is 5.75 Å². The van der Waals surface area contributed by atoms with Crippen LogP contribution in [0.2, 0.25) is 5.02 Å². The number of halogens is 1. The van der Waals surface area contributed by atoms with Crippen LogP contribution in [0.1, 0.15) is 36.0 Å². The van der Waals surface area contributed by atoms with Gasteiger partial charge in [-0.1, -0.05) is 11.6 Å². The van der Waals surface area contributed by atoms with Crippen LogP contribution in [0.25, 0.3) is 0 Å². The van der Waals surface area contributed by atoms with Crippen LogP contribution < -0.4 is 15.8 Å². The van der Waals surface area contributed by atoms with Crippen molar-refractivity contribution >= 4 is 23.2 Å². The lowest BCUT2D eigenvalue weighted by molar-refractivity contribution is 0.0369. The van der Waals surface area contributed by atoms with Crippen molar-refractivity contribution in [3.63, 3.8) is 0 Å². The van der Waals surface area contributed by atoms with Gasteiger partial charge in [0.25, 0.3) is 5.91 Å². The molecule has 3 rings (SSSR count). The lowest BCUT2D eigenvalue weighted by Gasteiger charge is -2.47. The molecule has 2 saturated heterocycles. The summed E-state index contributed by atoms with van der Waals surface area (Å²) in [5, 5.41) is 3.46. The average Bonchev–Trinajstić information content (AvgIpc) is 2.55. The maximum Gasteiger partial charge on any atom is 0.255 e. The van der Waals surface area contributed by atoms with Crippen molar-refractivity contribution in [1.29, 1.82) is 0 Å². The fraction of sp³-hybridized carbons (Fsp3) is 0.588. The van der Waals surface area contributed by atoms with E-state index in [9.17, 15) is 4.79 Å². The Morgan fingerprint density at radius 3 is 2.74 bits per heavy atom. The molecule has 2 aliphatic heterocycles. The number of carbonyl (C=O) groups excluding carboxylic acids is 1. The molecule has 0 aliphatic carbocycles. The first kappa shape index (κ1) is 16.4. The molecule has 0 saturated carbocycles. The maximum absolute atomic E-state index is 12.6. The van der Waals surface area contributed by atoms with Gasteiger partial charge in [-0.3, -0.25) is 4.79 Å². The lowest BCUT2D eigenvalue weighted by atomic mass is 9.73. The number of piperidine rings is 2. The van der Waals surface area contributed by atoms with E-state index in [1.165, 1.54) is 45.9 Å². The van der Waals surface area contributed by atoms with Gasteiger partial charge in [0.15, 0.2) is 0 Å². The second-order valence-corrected chi connectivity index (χ2v) is 7.15. The summed E-state index contributed by atoms with van der Waals surface area (Å²) >= 11 is 6.05. The smallest absolute Gasteiger partial charge is 0.255 e. The van der Waals surface area contributed by atoms with E-state index in [-0.39, 0.29) is 11.3 Å². The van der Waals surface area contributed by atoms with Crippen LogP contribution >= 0.6 is 11.6 Å². The Balaban J connectivity index is 1.71. The summed E-state index contributed by atoms with van der Waals surface area (Å²) in [6.45, 7) is 4.18. The van der Waals surface area contributed by atoms with Crippen molar-refractivity contribution in [1.82, 2.24) is 10.2 Å². The molecule has 2 aliphatic rings. The summed E-state index contributed by atoms with van der Waals surface area (Å²) in [5.74, 6) is 0.302. The molecule has 5 nitrogen and oxygen atoms in total. The number of nitrogens with one attached hydrogen (secondary N) is 1. The molecule has 6 heteroatoms. The number of amides is 1. The largest absolute Gasteiger partial charge is 0.496 e. The third-order valence-corrected chi connectivity index (χ3v) is 5.44. The molecule has 0 aromatic heterocycles. The molecular formula is C17H24ClN3O2. The maximum atomic E-state index is 12.6. The number of nitrogens with zero attached hydrogens (tertiary/aromatic N) is 1. The Kier molecular flexibility index (Phi) is 4.69. The second kappa shape index (κ2) is 6.57. The number of rotatable bonds is 4. The molecule has 3 N–H and O–H groups in total. The van der Waals surface area contributed by atoms with Crippen molar-refractivity contribution in [3.05, 3.63) is 22.7 Å². The van der Waals surface area contributed by atoms with Gasteiger partial charge in [0.05, 0.1) is 23.4 Å². The number of methoxy groups -OCH3 is 1. The Labute approximate surface area is 142 Å². The van der Waals surface area contributed by atoms with E-state index < -0.39 is 0 Å². The van der Waals surface area contributed by atoms with Crippen LogP contribution in [-0.2, 0) is 0 Å². The van der Waals surface area contributed by atoms with E-state index in [4.69, 9.17) is 22.1 Å². The van der Waals surface area contributed by atoms with Gasteiger partial charge < -0.3 is 20.7 Å². The summed E-state index contributed by atoms with van der Waals surface area (Å²) < 4.78 is 5.27. The molecule has 2 bridgehead atoms. The van der Waals surface area contributed by atoms with E-state index in [1.54, 1.807) is 12.1 Å². The number of hydrogen-bond acceptors (Lipinski definition) is 4. The van der Waals surface area contributed by atoms with Gasteiger partial charge in [0.2, 0.25) is 0 Å². The molecule has 0 spiro atoms. The molecule has 1 aromatic rings. The Morgan fingerprint density at radius 2 is 2.09 bits per heavy atom. The Hall–Kier alpha value is -1.46. The molecule has 1 amide bonds. The highest BCUT2D eigenvalue weighted by atomic mass is 35.5. The number of hydrogen-bond donors (Lipinski definition) is 2. The number of benzene rings is 1. The van der Waals surface area contributed by atoms with E-state index in [0.717, 1.165) is 6.54 Å². The SMILES string of the molecule is COc1cc(N)c(Cl)cc1C(=O)NCC12CCCN(CCC1)C2. The van der Waals surface area contributed by atoms with E-state index in [1.807, 2.05) is 0 Å². The third-order valence-electron chi connectivity index (χ3n) is 5.11. The predicted octanol–water partition coefficient (Wildman–Crippen LogP) is 2.54. The monoisotopic (exact) mass is 337 g/mol. The van der Waals surface area contributed by atoms with E-state index >= 15 is 0 Å². The van der Waals surface area contributed by atoms with Gasteiger partial charge in [-0.15, -0.1) is 0 Å². The minimum atomic E-state index is -0.152. The van der Waals surface area contributed by atoms with Gasteiger partial charge in [-0.05, 0) is 44.8 Å². The lowest BCUT2D eigenvalue weighted by Crippen LogP contribution is -2.52. The summed E-state index contributed by atoms with van der Waals surface area (Å²) in [4.78, 5) is 15.1. The standard InChI is InChI=1S/C17H24ClN3O2/c1-23-15-9-14(19)13(18)8-12(15)16(22)20-10-17-4-2-6-21(11-17)7-3-5-17/h8-9H,2-7,10-11,19H2,1H3,(H,20,22). The molecule has 0 radical (unpaired) electrons.